The van der Waals surface area contributed by atoms with Gasteiger partial charge in [-0.25, -0.2) is 0 Å². The first-order chi connectivity index (χ1) is 19.9. The summed E-state index contributed by atoms with van der Waals surface area (Å²) in [6.07, 6.45) is 17.5. The Labute approximate surface area is 251 Å². The number of hydrazone groups is 1. The first kappa shape index (κ1) is 28.8. The Bertz CT molecular complexity index is 1150. The van der Waals surface area contributed by atoms with Gasteiger partial charge in [0.25, 0.3) is 0 Å². The number of piperidine rings is 2. The van der Waals surface area contributed by atoms with Crippen LogP contribution in [0.2, 0.25) is 5.02 Å². The first-order valence-corrected chi connectivity index (χ1v) is 16.4. The fourth-order valence-corrected chi connectivity index (χ4v) is 8.36. The fourth-order valence-electron chi connectivity index (χ4n) is 8.14. The fraction of sp³-hybridized carbons (Fsp3) is 0.697. The van der Waals surface area contributed by atoms with E-state index in [4.69, 9.17) is 16.3 Å². The van der Waals surface area contributed by atoms with E-state index in [1.165, 1.54) is 57.9 Å². The van der Waals surface area contributed by atoms with Crippen molar-refractivity contribution in [1.82, 2.24) is 15.2 Å². The maximum absolute atomic E-state index is 9.19. The third-order valence-electron chi connectivity index (χ3n) is 10.7. The monoisotopic (exact) mass is 578 g/mol. The number of hydrogen-bond donors (Lipinski definition) is 1. The molecule has 41 heavy (non-hydrogen) atoms. The molecule has 4 fully saturated rings. The van der Waals surface area contributed by atoms with Crippen molar-refractivity contribution in [3.63, 3.8) is 0 Å². The number of likely N-dealkylation sites (tertiary alicyclic amines) is 2. The summed E-state index contributed by atoms with van der Waals surface area (Å²) in [5.41, 5.74) is 5.41. The third kappa shape index (κ3) is 6.55. The van der Waals surface area contributed by atoms with Gasteiger partial charge in [-0.15, -0.1) is 5.10 Å². The van der Waals surface area contributed by atoms with Gasteiger partial charge in [0.1, 0.15) is 18.3 Å². The van der Waals surface area contributed by atoms with Gasteiger partial charge in [0.05, 0.1) is 10.6 Å². The highest BCUT2D eigenvalue weighted by molar-refractivity contribution is 6.32. The largest absolute Gasteiger partial charge is 0.473 e. The van der Waals surface area contributed by atoms with Crippen LogP contribution in [0, 0.1) is 22.7 Å². The lowest BCUT2D eigenvalue weighted by Crippen LogP contribution is -2.52. The van der Waals surface area contributed by atoms with Crippen molar-refractivity contribution in [3.8, 4) is 6.07 Å². The molecule has 4 aliphatic heterocycles. The van der Waals surface area contributed by atoms with Gasteiger partial charge in [-0.3, -0.25) is 15.2 Å². The van der Waals surface area contributed by atoms with Crippen LogP contribution in [0.15, 0.2) is 35.5 Å². The van der Waals surface area contributed by atoms with Crippen molar-refractivity contribution < 1.29 is 4.74 Å². The SMILES string of the molecule is CC1CC(OC2=NNC(N3CCC4(CCN(c5ccc(C#N)c(Cl)c5)C4)CC3)C=C2)CC(C)N1CC1CCCCC1. The summed E-state index contributed by atoms with van der Waals surface area (Å²) < 4.78 is 6.42. The zero-order chi connectivity index (χ0) is 28.4. The Kier molecular flexibility index (Phi) is 8.81. The van der Waals surface area contributed by atoms with Crippen LogP contribution in [0.4, 0.5) is 5.69 Å². The Morgan fingerprint density at radius 3 is 2.46 bits per heavy atom. The number of halogens is 1. The molecule has 1 saturated carbocycles. The molecule has 8 heteroatoms. The van der Waals surface area contributed by atoms with Crippen LogP contribution in [0.5, 0.6) is 0 Å². The predicted octanol–water partition coefficient (Wildman–Crippen LogP) is 6.14. The van der Waals surface area contributed by atoms with Gasteiger partial charge >= 0.3 is 0 Å². The predicted molar refractivity (Wildman–Crippen MR) is 166 cm³/mol. The second-order valence-corrected chi connectivity index (χ2v) is 13.9. The molecule has 0 aromatic heterocycles. The standard InChI is InChI=1S/C33H47ClN6O/c1-24-18-29(19-25(2)40(24)22-26-6-4-3-5-7-26)41-32-11-10-31(36-37-32)38-15-12-33(13-16-38)14-17-39(23-33)28-9-8-27(21-35)30(34)20-28/h8-11,20,24-26,29,31,36H,3-7,12-19,22-23H2,1-2H3. The summed E-state index contributed by atoms with van der Waals surface area (Å²) >= 11 is 6.32. The van der Waals surface area contributed by atoms with Crippen LogP contribution in [0.25, 0.3) is 0 Å². The van der Waals surface area contributed by atoms with E-state index in [9.17, 15) is 5.26 Å². The number of benzene rings is 1. The first-order valence-electron chi connectivity index (χ1n) is 16.0. The van der Waals surface area contributed by atoms with Gasteiger partial charge in [0, 0.05) is 56.6 Å². The van der Waals surface area contributed by atoms with Crippen LogP contribution in [-0.2, 0) is 4.74 Å². The molecule has 3 saturated heterocycles. The zero-order valence-corrected chi connectivity index (χ0v) is 25.7. The minimum Gasteiger partial charge on any atom is -0.473 e. The molecule has 4 heterocycles. The minimum atomic E-state index is 0.129. The Hall–Kier alpha value is -2.27. The van der Waals surface area contributed by atoms with Gasteiger partial charge in [-0.1, -0.05) is 30.9 Å². The van der Waals surface area contributed by atoms with Crippen molar-refractivity contribution in [1.29, 1.82) is 5.26 Å². The summed E-state index contributed by atoms with van der Waals surface area (Å²) in [7, 11) is 0. The van der Waals surface area contributed by atoms with Gasteiger partial charge in [0.2, 0.25) is 5.90 Å². The highest BCUT2D eigenvalue weighted by atomic mass is 35.5. The maximum Gasteiger partial charge on any atom is 0.230 e. The summed E-state index contributed by atoms with van der Waals surface area (Å²) in [5.74, 6) is 1.61. The number of nitriles is 1. The lowest BCUT2D eigenvalue weighted by molar-refractivity contribution is 0.00750. The van der Waals surface area contributed by atoms with Crippen LogP contribution in [-0.4, -0.2) is 72.8 Å². The molecule has 3 unspecified atom stereocenters. The van der Waals surface area contributed by atoms with Gasteiger partial charge in [-0.2, -0.15) is 5.26 Å². The van der Waals surface area contributed by atoms with E-state index >= 15 is 0 Å². The summed E-state index contributed by atoms with van der Waals surface area (Å²) in [6, 6.07) is 9.10. The molecule has 1 aliphatic carbocycles. The highest BCUT2D eigenvalue weighted by Crippen LogP contribution is 2.43. The van der Waals surface area contributed by atoms with E-state index in [2.05, 4.69) is 57.3 Å². The Balaban J connectivity index is 0.953. The molecule has 1 N–H and O–H groups in total. The molecule has 7 nitrogen and oxygen atoms in total. The quantitative estimate of drug-likeness (QED) is 0.452. The van der Waals surface area contributed by atoms with Gasteiger partial charge < -0.3 is 9.64 Å². The smallest absolute Gasteiger partial charge is 0.230 e. The van der Waals surface area contributed by atoms with Gasteiger partial charge in [-0.05, 0) is 94.4 Å². The Morgan fingerprint density at radius 1 is 1.07 bits per heavy atom. The van der Waals surface area contributed by atoms with Crippen LogP contribution in [0.1, 0.15) is 83.6 Å². The van der Waals surface area contributed by atoms with E-state index in [0.717, 1.165) is 56.5 Å². The number of anilines is 1. The zero-order valence-electron chi connectivity index (χ0n) is 24.9. The third-order valence-corrected chi connectivity index (χ3v) is 11.0. The van der Waals surface area contributed by atoms with Crippen LogP contribution < -0.4 is 10.3 Å². The van der Waals surface area contributed by atoms with E-state index in [-0.39, 0.29) is 12.3 Å². The molecule has 1 aromatic carbocycles. The highest BCUT2D eigenvalue weighted by Gasteiger charge is 2.42. The second kappa shape index (κ2) is 12.5. The molecule has 6 rings (SSSR count). The van der Waals surface area contributed by atoms with Crippen LogP contribution >= 0.6 is 11.6 Å². The number of nitrogens with one attached hydrogen (secondary N) is 1. The lowest BCUT2D eigenvalue weighted by atomic mass is 9.77. The lowest BCUT2D eigenvalue weighted by Gasteiger charge is -2.44. The topological polar surface area (TPSA) is 67.1 Å². The van der Waals surface area contributed by atoms with Crippen LogP contribution in [0.3, 0.4) is 0 Å². The molecule has 3 atom stereocenters. The molecule has 1 spiro atoms. The molecule has 1 aromatic rings. The average Bonchev–Trinajstić information content (AvgIpc) is 3.40. The molecule has 0 radical (unpaired) electrons. The number of rotatable bonds is 5. The number of ether oxygens (including phenoxy) is 1. The molecule has 0 amide bonds. The summed E-state index contributed by atoms with van der Waals surface area (Å²) in [5, 5.41) is 14.4. The van der Waals surface area contributed by atoms with Crippen molar-refractivity contribution >= 4 is 23.2 Å². The maximum atomic E-state index is 9.19. The van der Waals surface area contributed by atoms with Crippen molar-refractivity contribution in [3.05, 3.63) is 40.9 Å². The minimum absolute atomic E-state index is 0.129. The van der Waals surface area contributed by atoms with Gasteiger partial charge in [0.15, 0.2) is 0 Å². The van der Waals surface area contributed by atoms with Crippen molar-refractivity contribution in [2.75, 3.05) is 37.6 Å². The van der Waals surface area contributed by atoms with E-state index in [1.54, 1.807) is 0 Å². The van der Waals surface area contributed by atoms with E-state index in [1.807, 2.05) is 18.2 Å². The number of nitrogens with zero attached hydrogens (tertiary/aromatic N) is 5. The molecule has 222 valence electrons. The molecular formula is C33H47ClN6O. The average molecular weight is 579 g/mol. The molecular weight excluding hydrogens is 532 g/mol. The second-order valence-electron chi connectivity index (χ2n) is 13.5. The Morgan fingerprint density at radius 2 is 1.80 bits per heavy atom. The van der Waals surface area contributed by atoms with E-state index < -0.39 is 0 Å². The molecule has 5 aliphatic rings. The number of hydrogen-bond acceptors (Lipinski definition) is 7. The summed E-state index contributed by atoms with van der Waals surface area (Å²) in [4.78, 5) is 7.70. The van der Waals surface area contributed by atoms with Crippen molar-refractivity contribution in [2.24, 2.45) is 16.4 Å². The molecule has 0 bridgehead atoms. The van der Waals surface area contributed by atoms with Crippen molar-refractivity contribution in [2.45, 2.75) is 102 Å². The van der Waals surface area contributed by atoms with E-state index in [0.29, 0.717) is 28.1 Å². The normalized spacial score (nSPS) is 31.1. The summed E-state index contributed by atoms with van der Waals surface area (Å²) in [6.45, 7) is 10.3.